The zero-order chi connectivity index (χ0) is 19.3. The summed E-state index contributed by atoms with van der Waals surface area (Å²) in [7, 11) is 1.83. The lowest BCUT2D eigenvalue weighted by atomic mass is 10.1. The van der Waals surface area contributed by atoms with Crippen molar-refractivity contribution in [2.45, 2.75) is 38.7 Å². The molecule has 28 heavy (non-hydrogen) atoms. The molecule has 0 spiro atoms. The average molecular weight is 384 g/mol. The van der Waals surface area contributed by atoms with Crippen LogP contribution in [-0.4, -0.2) is 76.0 Å². The van der Waals surface area contributed by atoms with Crippen LogP contribution >= 0.6 is 0 Å². The van der Waals surface area contributed by atoms with E-state index in [-0.39, 0.29) is 6.10 Å². The summed E-state index contributed by atoms with van der Waals surface area (Å²) in [5, 5.41) is 11.6. The molecule has 0 radical (unpaired) electrons. The quantitative estimate of drug-likeness (QED) is 0.613. The lowest BCUT2D eigenvalue weighted by molar-refractivity contribution is -0.0502. The molecule has 0 amide bonds. The highest BCUT2D eigenvalue weighted by atomic mass is 16.5. The maximum absolute atomic E-state index is 6.09. The third-order valence-corrected chi connectivity index (χ3v) is 5.60. The molecule has 0 aliphatic carbocycles. The van der Waals surface area contributed by atoms with Crippen LogP contribution in [0.15, 0.2) is 41.7 Å². The molecule has 2 aromatic rings. The van der Waals surface area contributed by atoms with Gasteiger partial charge < -0.3 is 19.5 Å². The summed E-state index contributed by atoms with van der Waals surface area (Å²) < 4.78 is 8.13. The Morgan fingerprint density at radius 1 is 1.29 bits per heavy atom. The van der Waals surface area contributed by atoms with Gasteiger partial charge in [-0.3, -0.25) is 9.89 Å². The first-order valence-electron chi connectivity index (χ1n) is 10.0. The number of aliphatic imine (C=N–C) groups is 1. The van der Waals surface area contributed by atoms with Crippen LogP contribution in [0.2, 0.25) is 0 Å². The van der Waals surface area contributed by atoms with E-state index in [1.807, 2.05) is 11.6 Å². The van der Waals surface area contributed by atoms with Crippen molar-refractivity contribution in [3.05, 3.63) is 48.0 Å². The molecule has 2 aliphatic heterocycles. The number of hydrogen-bond donors (Lipinski definition) is 1. The van der Waals surface area contributed by atoms with Crippen molar-refractivity contribution >= 4 is 5.96 Å². The molecule has 8 nitrogen and oxygen atoms in total. The molecule has 1 aromatic heterocycles. The van der Waals surface area contributed by atoms with E-state index in [4.69, 9.17) is 4.74 Å². The Kier molecular flexibility index (Phi) is 5.87. The number of ether oxygens (including phenoxy) is 1. The van der Waals surface area contributed by atoms with Gasteiger partial charge in [-0.05, 0) is 12.5 Å². The van der Waals surface area contributed by atoms with Crippen LogP contribution in [0.1, 0.15) is 18.3 Å². The maximum Gasteiger partial charge on any atom is 0.194 e. The number of guanidine groups is 1. The molecule has 150 valence electrons. The van der Waals surface area contributed by atoms with E-state index in [0.717, 1.165) is 51.1 Å². The molecular formula is C20H29N7O. The summed E-state index contributed by atoms with van der Waals surface area (Å²) in [6.07, 6.45) is 1.98. The van der Waals surface area contributed by atoms with E-state index in [9.17, 15) is 0 Å². The standard InChI is InChI=1S/C20H29N7O/c1-3-25-15-23-24-19(25)11-22-20(21-2)27-13-17-18(14-27)28-10-9-26(17)12-16-7-5-4-6-8-16/h4-8,15,17-18H,3,9-14H2,1-2H3,(H,21,22). The molecule has 2 fully saturated rings. The van der Waals surface area contributed by atoms with Gasteiger partial charge in [0.2, 0.25) is 0 Å². The van der Waals surface area contributed by atoms with Gasteiger partial charge in [0.15, 0.2) is 11.8 Å². The second-order valence-electron chi connectivity index (χ2n) is 7.27. The number of nitrogens with zero attached hydrogens (tertiary/aromatic N) is 6. The highest BCUT2D eigenvalue weighted by molar-refractivity contribution is 5.80. The van der Waals surface area contributed by atoms with Crippen molar-refractivity contribution in [2.75, 3.05) is 33.3 Å². The molecule has 0 saturated carbocycles. The van der Waals surface area contributed by atoms with Gasteiger partial charge in [-0.1, -0.05) is 30.3 Å². The van der Waals surface area contributed by atoms with E-state index >= 15 is 0 Å². The Bertz CT molecular complexity index is 791. The predicted molar refractivity (Wildman–Crippen MR) is 108 cm³/mol. The van der Waals surface area contributed by atoms with Crippen LogP contribution in [0.25, 0.3) is 0 Å². The van der Waals surface area contributed by atoms with E-state index in [1.54, 1.807) is 6.33 Å². The normalized spacial score (nSPS) is 23.1. The third kappa shape index (κ3) is 4.02. The van der Waals surface area contributed by atoms with E-state index < -0.39 is 0 Å². The van der Waals surface area contributed by atoms with Crippen molar-refractivity contribution in [2.24, 2.45) is 4.99 Å². The summed E-state index contributed by atoms with van der Waals surface area (Å²) in [6.45, 7) is 8.05. The molecule has 3 heterocycles. The number of morpholine rings is 1. The maximum atomic E-state index is 6.09. The molecule has 1 N–H and O–H groups in total. The van der Waals surface area contributed by atoms with Gasteiger partial charge in [0, 0.05) is 39.8 Å². The minimum Gasteiger partial charge on any atom is -0.373 e. The Morgan fingerprint density at radius 3 is 2.93 bits per heavy atom. The van der Waals surface area contributed by atoms with Crippen molar-refractivity contribution in [1.29, 1.82) is 0 Å². The zero-order valence-corrected chi connectivity index (χ0v) is 16.7. The second-order valence-corrected chi connectivity index (χ2v) is 7.27. The number of rotatable bonds is 5. The summed E-state index contributed by atoms with van der Waals surface area (Å²) in [5.74, 6) is 1.81. The lowest BCUT2D eigenvalue weighted by Gasteiger charge is -2.36. The Balaban J connectivity index is 1.39. The zero-order valence-electron chi connectivity index (χ0n) is 16.7. The number of nitrogens with one attached hydrogen (secondary N) is 1. The first-order chi connectivity index (χ1) is 13.8. The minimum atomic E-state index is 0.218. The number of benzene rings is 1. The Hall–Kier alpha value is -2.45. The minimum absolute atomic E-state index is 0.218. The van der Waals surface area contributed by atoms with Gasteiger partial charge in [0.25, 0.3) is 0 Å². The van der Waals surface area contributed by atoms with Gasteiger partial charge >= 0.3 is 0 Å². The topological polar surface area (TPSA) is 70.8 Å². The van der Waals surface area contributed by atoms with E-state index in [1.165, 1.54) is 5.56 Å². The van der Waals surface area contributed by atoms with Gasteiger partial charge in [0.05, 0.1) is 25.3 Å². The molecular weight excluding hydrogens is 354 g/mol. The molecule has 2 unspecified atom stereocenters. The van der Waals surface area contributed by atoms with Crippen LogP contribution in [-0.2, 0) is 24.4 Å². The first-order valence-corrected chi connectivity index (χ1v) is 10.0. The fourth-order valence-corrected chi connectivity index (χ4v) is 4.12. The monoisotopic (exact) mass is 383 g/mol. The average Bonchev–Trinajstić information content (AvgIpc) is 3.36. The molecule has 0 bridgehead atoms. The number of hydrogen-bond acceptors (Lipinski definition) is 5. The smallest absolute Gasteiger partial charge is 0.194 e. The second kappa shape index (κ2) is 8.70. The van der Waals surface area contributed by atoms with Crippen LogP contribution < -0.4 is 5.32 Å². The number of fused-ring (bicyclic) bond motifs is 1. The van der Waals surface area contributed by atoms with Crippen LogP contribution in [0.5, 0.6) is 0 Å². The number of aromatic nitrogens is 3. The number of likely N-dealkylation sites (tertiary alicyclic amines) is 1. The third-order valence-electron chi connectivity index (χ3n) is 5.60. The van der Waals surface area contributed by atoms with Gasteiger partial charge in [0.1, 0.15) is 6.33 Å². The van der Waals surface area contributed by atoms with E-state index in [2.05, 4.69) is 67.6 Å². The van der Waals surface area contributed by atoms with Crippen LogP contribution in [0.4, 0.5) is 0 Å². The Labute approximate surface area is 166 Å². The predicted octanol–water partition coefficient (Wildman–Crippen LogP) is 0.959. The van der Waals surface area contributed by atoms with Gasteiger partial charge in [-0.15, -0.1) is 10.2 Å². The van der Waals surface area contributed by atoms with Crippen LogP contribution in [0, 0.1) is 0 Å². The molecule has 1 aromatic carbocycles. The van der Waals surface area contributed by atoms with E-state index in [0.29, 0.717) is 12.6 Å². The molecule has 8 heteroatoms. The molecule has 2 saturated heterocycles. The summed E-state index contributed by atoms with van der Waals surface area (Å²) in [5.41, 5.74) is 1.35. The summed E-state index contributed by atoms with van der Waals surface area (Å²) >= 11 is 0. The van der Waals surface area contributed by atoms with Gasteiger partial charge in [-0.25, -0.2) is 0 Å². The number of aryl methyl sites for hydroxylation is 1. The lowest BCUT2D eigenvalue weighted by Crippen LogP contribution is -2.50. The molecule has 2 aliphatic rings. The van der Waals surface area contributed by atoms with Crippen molar-refractivity contribution in [3.8, 4) is 0 Å². The Morgan fingerprint density at radius 2 is 2.14 bits per heavy atom. The fraction of sp³-hybridized carbons (Fsp3) is 0.550. The van der Waals surface area contributed by atoms with Gasteiger partial charge in [-0.2, -0.15) is 0 Å². The first kappa shape index (κ1) is 18.9. The highest BCUT2D eigenvalue weighted by Gasteiger charge is 2.41. The van der Waals surface area contributed by atoms with Crippen molar-refractivity contribution < 1.29 is 4.74 Å². The largest absolute Gasteiger partial charge is 0.373 e. The highest BCUT2D eigenvalue weighted by Crippen LogP contribution is 2.24. The SMILES string of the molecule is CCn1cnnc1CNC(=NC)N1CC2OCCN(Cc3ccccc3)C2C1. The summed E-state index contributed by atoms with van der Waals surface area (Å²) in [6, 6.07) is 11.1. The van der Waals surface area contributed by atoms with Crippen molar-refractivity contribution in [3.63, 3.8) is 0 Å². The van der Waals surface area contributed by atoms with Crippen LogP contribution in [0.3, 0.4) is 0 Å². The summed E-state index contributed by atoms with van der Waals surface area (Å²) in [4.78, 5) is 9.33. The van der Waals surface area contributed by atoms with Crippen molar-refractivity contribution in [1.82, 2.24) is 29.9 Å². The molecule has 4 rings (SSSR count). The fourth-order valence-electron chi connectivity index (χ4n) is 4.12. The molecule has 2 atom stereocenters.